The van der Waals surface area contributed by atoms with Crippen molar-refractivity contribution in [2.45, 2.75) is 20.4 Å². The van der Waals surface area contributed by atoms with E-state index in [4.69, 9.17) is 5.73 Å². The van der Waals surface area contributed by atoms with Crippen molar-refractivity contribution in [2.24, 2.45) is 5.73 Å². The van der Waals surface area contributed by atoms with Gasteiger partial charge in [-0.3, -0.25) is 9.59 Å². The van der Waals surface area contributed by atoms with E-state index in [1.807, 2.05) is 37.3 Å². The van der Waals surface area contributed by atoms with Crippen molar-refractivity contribution in [2.75, 3.05) is 11.4 Å². The minimum absolute atomic E-state index is 0.00878. The SMILES string of the molecule is CCN(C(=O)Cn1nnc(C(N)=O)c1C)c1ccccc1. The van der Waals surface area contributed by atoms with Crippen molar-refractivity contribution in [3.05, 3.63) is 41.7 Å². The summed E-state index contributed by atoms with van der Waals surface area (Å²) in [6, 6.07) is 9.37. The van der Waals surface area contributed by atoms with E-state index in [1.54, 1.807) is 11.8 Å². The predicted octanol–water partition coefficient (Wildman–Crippen LogP) is 0.739. The summed E-state index contributed by atoms with van der Waals surface area (Å²) in [5, 5.41) is 7.50. The minimum Gasteiger partial charge on any atom is -0.364 e. The molecule has 7 heteroatoms. The Morgan fingerprint density at radius 1 is 1.29 bits per heavy atom. The first-order valence-electron chi connectivity index (χ1n) is 6.60. The fourth-order valence-corrected chi connectivity index (χ4v) is 2.06. The number of hydrogen-bond acceptors (Lipinski definition) is 4. The molecular weight excluding hydrogens is 270 g/mol. The monoisotopic (exact) mass is 287 g/mol. The summed E-state index contributed by atoms with van der Waals surface area (Å²) >= 11 is 0. The number of rotatable bonds is 5. The fourth-order valence-electron chi connectivity index (χ4n) is 2.06. The van der Waals surface area contributed by atoms with E-state index in [9.17, 15) is 9.59 Å². The number of amides is 2. The molecule has 1 heterocycles. The molecule has 0 spiro atoms. The number of para-hydroxylation sites is 1. The minimum atomic E-state index is -0.651. The highest BCUT2D eigenvalue weighted by molar-refractivity contribution is 5.94. The van der Waals surface area contributed by atoms with Gasteiger partial charge < -0.3 is 10.6 Å². The van der Waals surface area contributed by atoms with Crippen LogP contribution in [0.3, 0.4) is 0 Å². The number of primary amides is 1. The van der Waals surface area contributed by atoms with E-state index in [2.05, 4.69) is 10.3 Å². The molecule has 0 saturated heterocycles. The van der Waals surface area contributed by atoms with Crippen LogP contribution < -0.4 is 10.6 Å². The second-order valence-corrected chi connectivity index (χ2v) is 4.52. The highest BCUT2D eigenvalue weighted by Crippen LogP contribution is 2.14. The van der Waals surface area contributed by atoms with E-state index in [1.165, 1.54) is 4.68 Å². The lowest BCUT2D eigenvalue weighted by atomic mass is 10.2. The molecule has 1 aromatic carbocycles. The van der Waals surface area contributed by atoms with Gasteiger partial charge in [0.25, 0.3) is 5.91 Å². The Morgan fingerprint density at radius 2 is 1.95 bits per heavy atom. The second-order valence-electron chi connectivity index (χ2n) is 4.52. The molecule has 0 aliphatic heterocycles. The maximum Gasteiger partial charge on any atom is 0.271 e. The molecule has 0 unspecified atom stereocenters. The molecule has 1 aromatic heterocycles. The topological polar surface area (TPSA) is 94.1 Å². The van der Waals surface area contributed by atoms with Gasteiger partial charge in [-0.1, -0.05) is 23.4 Å². The molecule has 0 bridgehead atoms. The Kier molecular flexibility index (Phi) is 4.32. The smallest absolute Gasteiger partial charge is 0.271 e. The Labute approximate surface area is 122 Å². The van der Waals surface area contributed by atoms with Crippen molar-refractivity contribution < 1.29 is 9.59 Å². The molecule has 0 atom stereocenters. The van der Waals surface area contributed by atoms with Crippen LogP contribution in [0.4, 0.5) is 5.69 Å². The van der Waals surface area contributed by atoms with Crippen LogP contribution in [0, 0.1) is 6.92 Å². The first kappa shape index (κ1) is 14.7. The maximum absolute atomic E-state index is 12.4. The van der Waals surface area contributed by atoms with E-state index in [-0.39, 0.29) is 18.1 Å². The number of likely N-dealkylation sites (N-methyl/N-ethyl adjacent to an activating group) is 1. The number of carbonyl (C=O) groups excluding carboxylic acids is 2. The zero-order valence-corrected chi connectivity index (χ0v) is 12.0. The predicted molar refractivity (Wildman–Crippen MR) is 77.7 cm³/mol. The van der Waals surface area contributed by atoms with Gasteiger partial charge in [0, 0.05) is 12.2 Å². The van der Waals surface area contributed by atoms with Gasteiger partial charge in [-0.25, -0.2) is 4.68 Å². The summed E-state index contributed by atoms with van der Waals surface area (Å²) in [5.41, 5.74) is 6.58. The largest absolute Gasteiger partial charge is 0.364 e. The van der Waals surface area contributed by atoms with Crippen LogP contribution in [0.25, 0.3) is 0 Å². The molecule has 110 valence electrons. The summed E-state index contributed by atoms with van der Waals surface area (Å²) < 4.78 is 1.38. The molecule has 2 aromatic rings. The summed E-state index contributed by atoms with van der Waals surface area (Å²) in [4.78, 5) is 25.2. The summed E-state index contributed by atoms with van der Waals surface area (Å²) in [6.45, 7) is 4.11. The number of nitrogens with two attached hydrogens (primary N) is 1. The quantitative estimate of drug-likeness (QED) is 0.877. The highest BCUT2D eigenvalue weighted by Gasteiger charge is 2.19. The van der Waals surface area contributed by atoms with Gasteiger partial charge >= 0.3 is 0 Å². The molecular formula is C14H17N5O2. The van der Waals surface area contributed by atoms with Gasteiger partial charge in [-0.05, 0) is 26.0 Å². The number of anilines is 1. The first-order valence-corrected chi connectivity index (χ1v) is 6.60. The number of hydrogen-bond donors (Lipinski definition) is 1. The van der Waals surface area contributed by atoms with Crippen LogP contribution in [0.1, 0.15) is 23.1 Å². The zero-order valence-electron chi connectivity index (χ0n) is 12.0. The van der Waals surface area contributed by atoms with Gasteiger partial charge in [-0.2, -0.15) is 0 Å². The van der Waals surface area contributed by atoms with Crippen LogP contribution >= 0.6 is 0 Å². The van der Waals surface area contributed by atoms with Crippen LogP contribution in [0.15, 0.2) is 30.3 Å². The van der Waals surface area contributed by atoms with Crippen molar-refractivity contribution >= 4 is 17.5 Å². The lowest BCUT2D eigenvalue weighted by Crippen LogP contribution is -2.34. The molecule has 2 amide bonds. The van der Waals surface area contributed by atoms with Gasteiger partial charge in [0.1, 0.15) is 6.54 Å². The summed E-state index contributed by atoms with van der Waals surface area (Å²) in [6.07, 6.45) is 0. The third-order valence-electron chi connectivity index (χ3n) is 3.19. The standard InChI is InChI=1S/C14H17N5O2/c1-3-18(11-7-5-4-6-8-11)12(20)9-19-10(2)13(14(15)21)16-17-19/h4-8H,3,9H2,1-2H3,(H2,15,21). The summed E-state index contributed by atoms with van der Waals surface area (Å²) in [5.74, 6) is -0.783. The maximum atomic E-state index is 12.4. The lowest BCUT2D eigenvalue weighted by Gasteiger charge is -2.21. The normalized spacial score (nSPS) is 10.4. The van der Waals surface area contributed by atoms with Gasteiger partial charge in [0.15, 0.2) is 5.69 Å². The second kappa shape index (κ2) is 6.17. The molecule has 0 aliphatic rings. The zero-order chi connectivity index (χ0) is 15.4. The molecule has 7 nitrogen and oxygen atoms in total. The molecule has 0 saturated carbocycles. The third-order valence-corrected chi connectivity index (χ3v) is 3.19. The molecule has 0 aliphatic carbocycles. The third kappa shape index (κ3) is 3.07. The molecule has 0 radical (unpaired) electrons. The molecule has 0 fully saturated rings. The molecule has 21 heavy (non-hydrogen) atoms. The van der Waals surface area contributed by atoms with Crippen LogP contribution in [-0.2, 0) is 11.3 Å². The van der Waals surface area contributed by atoms with Gasteiger partial charge in [0.05, 0.1) is 5.69 Å². The van der Waals surface area contributed by atoms with E-state index < -0.39 is 5.91 Å². The number of benzene rings is 1. The Balaban J connectivity index is 2.19. The Morgan fingerprint density at radius 3 is 2.48 bits per heavy atom. The summed E-state index contributed by atoms with van der Waals surface area (Å²) in [7, 11) is 0. The van der Waals surface area contributed by atoms with E-state index in [0.29, 0.717) is 12.2 Å². The number of carbonyl (C=O) groups is 2. The Hall–Kier alpha value is -2.70. The van der Waals surface area contributed by atoms with Crippen molar-refractivity contribution in [1.82, 2.24) is 15.0 Å². The number of nitrogens with zero attached hydrogens (tertiary/aromatic N) is 4. The van der Waals surface area contributed by atoms with Crippen LogP contribution in [0.5, 0.6) is 0 Å². The van der Waals surface area contributed by atoms with Gasteiger partial charge in [0.2, 0.25) is 5.91 Å². The van der Waals surface area contributed by atoms with Gasteiger partial charge in [-0.15, -0.1) is 5.10 Å². The Bertz CT molecular complexity index is 651. The molecule has 2 rings (SSSR count). The fraction of sp³-hybridized carbons (Fsp3) is 0.286. The van der Waals surface area contributed by atoms with Crippen molar-refractivity contribution in [3.8, 4) is 0 Å². The highest BCUT2D eigenvalue weighted by atomic mass is 16.2. The van der Waals surface area contributed by atoms with Crippen molar-refractivity contribution in [3.63, 3.8) is 0 Å². The number of aromatic nitrogens is 3. The van der Waals surface area contributed by atoms with Crippen LogP contribution in [-0.4, -0.2) is 33.4 Å². The van der Waals surface area contributed by atoms with E-state index in [0.717, 1.165) is 5.69 Å². The first-order chi connectivity index (χ1) is 10.0. The average Bonchev–Trinajstić information content (AvgIpc) is 2.82. The van der Waals surface area contributed by atoms with Crippen molar-refractivity contribution in [1.29, 1.82) is 0 Å². The lowest BCUT2D eigenvalue weighted by molar-refractivity contribution is -0.119. The molecule has 2 N–H and O–H groups in total. The van der Waals surface area contributed by atoms with Crippen LogP contribution in [0.2, 0.25) is 0 Å². The average molecular weight is 287 g/mol. The van der Waals surface area contributed by atoms with E-state index >= 15 is 0 Å².